The number of nitrogen functional groups attached to an aromatic ring is 2. The van der Waals surface area contributed by atoms with Crippen molar-refractivity contribution in [3.8, 4) is 0 Å². The number of carbonyl (C=O) groups is 2. The molecular formula is C19H25N3O3. The summed E-state index contributed by atoms with van der Waals surface area (Å²) in [5, 5.41) is 3.19. The zero-order valence-corrected chi connectivity index (χ0v) is 14.3. The Bertz CT molecular complexity index is 660. The predicted molar refractivity (Wildman–Crippen MR) is 94.6 cm³/mol. The highest BCUT2D eigenvalue weighted by molar-refractivity contribution is 5.93. The molecule has 5 N–H and O–H groups in total. The van der Waals surface area contributed by atoms with E-state index in [-0.39, 0.29) is 23.6 Å². The Labute approximate surface area is 147 Å². The Balaban J connectivity index is 1.34. The molecule has 4 aliphatic rings. The fourth-order valence-electron chi connectivity index (χ4n) is 5.60. The number of ether oxygens (including phenoxy) is 1. The van der Waals surface area contributed by atoms with Crippen LogP contribution in [0.3, 0.4) is 0 Å². The zero-order chi connectivity index (χ0) is 17.6. The van der Waals surface area contributed by atoms with Crippen LogP contribution in [-0.4, -0.2) is 24.0 Å². The summed E-state index contributed by atoms with van der Waals surface area (Å²) in [5.74, 6) is 1.46. The van der Waals surface area contributed by atoms with Crippen LogP contribution in [-0.2, 0) is 9.53 Å². The molecule has 0 aliphatic heterocycles. The number of amides is 1. The molecule has 0 aromatic heterocycles. The second-order valence-corrected chi connectivity index (χ2v) is 8.21. The Hall–Kier alpha value is -2.24. The maximum Gasteiger partial charge on any atom is 0.338 e. The van der Waals surface area contributed by atoms with Crippen molar-refractivity contribution in [1.29, 1.82) is 0 Å². The van der Waals surface area contributed by atoms with Crippen LogP contribution in [0.4, 0.5) is 11.4 Å². The van der Waals surface area contributed by atoms with Crippen LogP contribution in [0.2, 0.25) is 0 Å². The monoisotopic (exact) mass is 343 g/mol. The van der Waals surface area contributed by atoms with Gasteiger partial charge in [0.1, 0.15) is 0 Å². The van der Waals surface area contributed by atoms with Gasteiger partial charge in [-0.05, 0) is 74.5 Å². The van der Waals surface area contributed by atoms with Gasteiger partial charge in [-0.25, -0.2) is 4.79 Å². The molecule has 1 aromatic carbocycles. The first-order valence-electron chi connectivity index (χ1n) is 9.05. The summed E-state index contributed by atoms with van der Waals surface area (Å²) in [6, 6.07) is 4.56. The Kier molecular flexibility index (Phi) is 3.85. The molecule has 0 heterocycles. The molecule has 0 saturated heterocycles. The van der Waals surface area contributed by atoms with Gasteiger partial charge >= 0.3 is 5.97 Å². The Morgan fingerprint density at radius 3 is 2.04 bits per heavy atom. The average molecular weight is 343 g/mol. The summed E-state index contributed by atoms with van der Waals surface area (Å²) >= 11 is 0. The standard InChI is InChI=1S/C19H25N3O3/c20-15-4-14(5-16(21)6-15)18(24)25-10-17(23)22-19-7-11-1-12(8-19)3-13(2-11)9-19/h4-6,11-13H,1-3,7-10,20-21H2,(H,22,23). The molecule has 0 spiro atoms. The van der Waals surface area contributed by atoms with Gasteiger partial charge in [-0.2, -0.15) is 0 Å². The van der Waals surface area contributed by atoms with Crippen molar-refractivity contribution in [2.45, 2.75) is 44.1 Å². The summed E-state index contributed by atoms with van der Waals surface area (Å²) < 4.78 is 5.15. The van der Waals surface area contributed by atoms with Crippen molar-refractivity contribution in [1.82, 2.24) is 5.32 Å². The molecule has 1 aromatic rings. The van der Waals surface area contributed by atoms with Gasteiger partial charge in [0, 0.05) is 16.9 Å². The van der Waals surface area contributed by atoms with Crippen LogP contribution >= 0.6 is 0 Å². The smallest absolute Gasteiger partial charge is 0.338 e. The molecule has 4 bridgehead atoms. The van der Waals surface area contributed by atoms with E-state index in [0.29, 0.717) is 11.4 Å². The first-order chi connectivity index (χ1) is 11.9. The molecular weight excluding hydrogens is 318 g/mol. The quantitative estimate of drug-likeness (QED) is 0.573. The van der Waals surface area contributed by atoms with E-state index in [1.54, 1.807) is 6.07 Å². The van der Waals surface area contributed by atoms with Crippen LogP contribution in [0.1, 0.15) is 48.9 Å². The fourth-order valence-corrected chi connectivity index (χ4v) is 5.60. The van der Waals surface area contributed by atoms with Gasteiger partial charge in [0.25, 0.3) is 5.91 Å². The number of hydrogen-bond donors (Lipinski definition) is 3. The third-order valence-corrected chi connectivity index (χ3v) is 5.99. The molecule has 4 fully saturated rings. The minimum absolute atomic E-state index is 0.0696. The van der Waals surface area contributed by atoms with Crippen molar-refractivity contribution < 1.29 is 14.3 Å². The first-order valence-corrected chi connectivity index (χ1v) is 9.05. The summed E-state index contributed by atoms with van der Waals surface area (Å²) in [6.07, 6.45) is 7.18. The van der Waals surface area contributed by atoms with Crippen LogP contribution in [0.5, 0.6) is 0 Å². The molecule has 0 radical (unpaired) electrons. The first kappa shape index (κ1) is 16.2. The molecule has 5 rings (SSSR count). The van der Waals surface area contributed by atoms with Crippen LogP contribution in [0.25, 0.3) is 0 Å². The van der Waals surface area contributed by atoms with Crippen LogP contribution < -0.4 is 16.8 Å². The molecule has 6 nitrogen and oxygen atoms in total. The van der Waals surface area contributed by atoms with Crippen LogP contribution in [0, 0.1) is 17.8 Å². The summed E-state index contributed by atoms with van der Waals surface area (Å²) in [7, 11) is 0. The average Bonchev–Trinajstić information content (AvgIpc) is 2.49. The number of rotatable bonds is 4. The van der Waals surface area contributed by atoms with Gasteiger partial charge < -0.3 is 21.5 Å². The van der Waals surface area contributed by atoms with Gasteiger partial charge in [-0.1, -0.05) is 0 Å². The Morgan fingerprint density at radius 1 is 1.00 bits per heavy atom. The summed E-state index contributed by atoms with van der Waals surface area (Å²) in [5.41, 5.74) is 12.3. The van der Waals surface area contributed by atoms with Gasteiger partial charge in [0.15, 0.2) is 6.61 Å². The minimum atomic E-state index is -0.584. The lowest BCUT2D eigenvalue weighted by molar-refractivity contribution is -0.130. The number of carbonyl (C=O) groups excluding carboxylic acids is 2. The molecule has 134 valence electrons. The number of hydrogen-bond acceptors (Lipinski definition) is 5. The van der Waals surface area contributed by atoms with E-state index in [9.17, 15) is 9.59 Å². The minimum Gasteiger partial charge on any atom is -0.452 e. The predicted octanol–water partition coefficient (Wildman–Crippen LogP) is 2.09. The van der Waals surface area contributed by atoms with E-state index >= 15 is 0 Å². The Morgan fingerprint density at radius 2 is 1.52 bits per heavy atom. The fraction of sp³-hybridized carbons (Fsp3) is 0.579. The third kappa shape index (κ3) is 3.30. The highest BCUT2D eigenvalue weighted by atomic mass is 16.5. The van der Waals surface area contributed by atoms with Crippen LogP contribution in [0.15, 0.2) is 18.2 Å². The third-order valence-electron chi connectivity index (χ3n) is 5.99. The van der Waals surface area contributed by atoms with E-state index in [0.717, 1.165) is 37.0 Å². The van der Waals surface area contributed by atoms with Gasteiger partial charge in [0.2, 0.25) is 0 Å². The second kappa shape index (κ2) is 5.93. The van der Waals surface area contributed by atoms with E-state index in [1.807, 2.05) is 0 Å². The maximum absolute atomic E-state index is 12.4. The second-order valence-electron chi connectivity index (χ2n) is 8.21. The molecule has 4 aliphatic carbocycles. The van der Waals surface area contributed by atoms with E-state index in [2.05, 4.69) is 5.32 Å². The molecule has 1 amide bonds. The van der Waals surface area contributed by atoms with Gasteiger partial charge in [-0.3, -0.25) is 4.79 Å². The number of nitrogens with two attached hydrogens (primary N) is 2. The van der Waals surface area contributed by atoms with E-state index < -0.39 is 5.97 Å². The number of benzene rings is 1. The lowest BCUT2D eigenvalue weighted by Crippen LogP contribution is -2.60. The summed E-state index contributed by atoms with van der Waals surface area (Å²) in [6.45, 7) is -0.269. The number of anilines is 2. The lowest BCUT2D eigenvalue weighted by atomic mass is 9.53. The van der Waals surface area contributed by atoms with Crippen molar-refractivity contribution in [2.24, 2.45) is 17.8 Å². The zero-order valence-electron chi connectivity index (χ0n) is 14.3. The maximum atomic E-state index is 12.4. The largest absolute Gasteiger partial charge is 0.452 e. The summed E-state index contributed by atoms with van der Waals surface area (Å²) in [4.78, 5) is 24.5. The normalized spacial score (nSPS) is 32.4. The highest BCUT2D eigenvalue weighted by Crippen LogP contribution is 2.55. The lowest BCUT2D eigenvalue weighted by Gasteiger charge is -2.56. The molecule has 25 heavy (non-hydrogen) atoms. The SMILES string of the molecule is Nc1cc(N)cc(C(=O)OCC(=O)NC23CC4CC(CC(C4)C2)C3)c1. The van der Waals surface area contributed by atoms with Crippen molar-refractivity contribution in [2.75, 3.05) is 18.1 Å². The molecule has 0 atom stereocenters. The van der Waals surface area contributed by atoms with Crippen molar-refractivity contribution in [3.05, 3.63) is 23.8 Å². The molecule has 4 saturated carbocycles. The van der Waals surface area contributed by atoms with Gasteiger partial charge in [-0.15, -0.1) is 0 Å². The highest BCUT2D eigenvalue weighted by Gasteiger charge is 2.51. The van der Waals surface area contributed by atoms with E-state index in [4.69, 9.17) is 16.2 Å². The number of nitrogens with one attached hydrogen (secondary N) is 1. The molecule has 6 heteroatoms. The number of esters is 1. The topological polar surface area (TPSA) is 107 Å². The van der Waals surface area contributed by atoms with Gasteiger partial charge in [0.05, 0.1) is 5.56 Å². The van der Waals surface area contributed by atoms with E-state index in [1.165, 1.54) is 31.4 Å². The van der Waals surface area contributed by atoms with Crippen molar-refractivity contribution >= 4 is 23.3 Å². The molecule has 0 unspecified atom stereocenters. The van der Waals surface area contributed by atoms with Crippen molar-refractivity contribution in [3.63, 3.8) is 0 Å².